The Kier molecular flexibility index (Phi) is 1.77. The molecule has 0 aliphatic carbocycles. The van der Waals surface area contributed by atoms with Gasteiger partial charge < -0.3 is 0 Å². The molecule has 2 rings (SSSR count). The molecule has 2 nitrogen and oxygen atoms in total. The maximum absolute atomic E-state index is 5.96. The Bertz CT molecular complexity index is 406. The molecule has 1 aromatic heterocycles. The van der Waals surface area contributed by atoms with Crippen LogP contribution < -0.4 is 0 Å². The highest BCUT2D eigenvalue weighted by Crippen LogP contribution is 2.24. The molecule has 1 heterocycles. The Hall–Kier alpha value is -1.02. The minimum atomic E-state index is 0.736. The smallest absolute Gasteiger partial charge is 0.0839 e. The van der Waals surface area contributed by atoms with E-state index in [0.717, 1.165) is 22.3 Å². The van der Waals surface area contributed by atoms with Crippen LogP contribution in [0.4, 0.5) is 0 Å². The largest absolute Gasteiger partial charge is 0.276 e. The first kappa shape index (κ1) is 7.62. The van der Waals surface area contributed by atoms with Crippen LogP contribution in [0.2, 0.25) is 5.02 Å². The van der Waals surface area contributed by atoms with Gasteiger partial charge in [0, 0.05) is 5.39 Å². The molecule has 62 valence electrons. The first-order valence-electron chi connectivity index (χ1n) is 3.93. The van der Waals surface area contributed by atoms with Crippen LogP contribution in [0, 0.1) is 0 Å². The molecule has 0 saturated carbocycles. The summed E-state index contributed by atoms with van der Waals surface area (Å²) in [5.74, 6) is 0. The third kappa shape index (κ3) is 0.994. The summed E-state index contributed by atoms with van der Waals surface area (Å²) in [6.45, 7) is 2.12. The molecule has 12 heavy (non-hydrogen) atoms. The lowest BCUT2D eigenvalue weighted by atomic mass is 10.1. The molecule has 2 aromatic rings. The van der Waals surface area contributed by atoms with Crippen molar-refractivity contribution in [1.29, 1.82) is 0 Å². The van der Waals surface area contributed by atoms with Gasteiger partial charge in [-0.2, -0.15) is 5.10 Å². The normalized spacial score (nSPS) is 10.8. The Balaban J connectivity index is 2.82. The standard InChI is InChI=1S/C9H9ClN2/c1-2-6-3-4-8(10)9-7(6)5-11-12-9/h3-5H,2H2,1H3,(H,11,12). The van der Waals surface area contributed by atoms with Crippen molar-refractivity contribution in [1.82, 2.24) is 10.2 Å². The number of aromatic nitrogens is 2. The molecular formula is C9H9ClN2. The molecule has 0 fully saturated rings. The van der Waals surface area contributed by atoms with Gasteiger partial charge in [0.2, 0.25) is 0 Å². The van der Waals surface area contributed by atoms with Gasteiger partial charge >= 0.3 is 0 Å². The quantitative estimate of drug-likeness (QED) is 0.719. The summed E-state index contributed by atoms with van der Waals surface area (Å²) in [4.78, 5) is 0. The fourth-order valence-corrected chi connectivity index (χ4v) is 1.57. The summed E-state index contributed by atoms with van der Waals surface area (Å²) in [6.07, 6.45) is 2.83. The highest BCUT2D eigenvalue weighted by atomic mass is 35.5. The second kappa shape index (κ2) is 2.79. The van der Waals surface area contributed by atoms with E-state index in [-0.39, 0.29) is 0 Å². The van der Waals surface area contributed by atoms with Crippen LogP contribution in [-0.2, 0) is 6.42 Å². The Labute approximate surface area is 75.5 Å². The number of nitrogens with zero attached hydrogens (tertiary/aromatic N) is 1. The number of benzene rings is 1. The highest BCUT2D eigenvalue weighted by molar-refractivity contribution is 6.35. The predicted octanol–water partition coefficient (Wildman–Crippen LogP) is 2.78. The van der Waals surface area contributed by atoms with Gasteiger partial charge in [0.05, 0.1) is 16.7 Å². The van der Waals surface area contributed by atoms with Crippen molar-refractivity contribution in [2.24, 2.45) is 0 Å². The van der Waals surface area contributed by atoms with Gasteiger partial charge in [0.25, 0.3) is 0 Å². The molecule has 0 saturated heterocycles. The Morgan fingerprint density at radius 3 is 3.08 bits per heavy atom. The second-order valence-electron chi connectivity index (χ2n) is 2.72. The maximum atomic E-state index is 5.96. The van der Waals surface area contributed by atoms with E-state index in [9.17, 15) is 0 Å². The number of fused-ring (bicyclic) bond motifs is 1. The maximum Gasteiger partial charge on any atom is 0.0839 e. The zero-order chi connectivity index (χ0) is 8.55. The number of aromatic amines is 1. The molecule has 0 bridgehead atoms. The Morgan fingerprint density at radius 1 is 1.50 bits per heavy atom. The SMILES string of the molecule is CCc1ccc(Cl)c2[nH]ncc12. The van der Waals surface area contributed by atoms with E-state index in [1.807, 2.05) is 18.3 Å². The third-order valence-electron chi connectivity index (χ3n) is 2.04. The third-order valence-corrected chi connectivity index (χ3v) is 2.35. The van der Waals surface area contributed by atoms with Crippen LogP contribution in [0.5, 0.6) is 0 Å². The monoisotopic (exact) mass is 180 g/mol. The molecule has 1 N–H and O–H groups in total. The predicted molar refractivity (Wildman–Crippen MR) is 50.5 cm³/mol. The minimum absolute atomic E-state index is 0.736. The summed E-state index contributed by atoms with van der Waals surface area (Å²) in [5.41, 5.74) is 2.22. The van der Waals surface area contributed by atoms with Crippen LogP contribution in [0.25, 0.3) is 10.9 Å². The number of hydrogen-bond donors (Lipinski definition) is 1. The lowest BCUT2D eigenvalue weighted by molar-refractivity contribution is 1.12. The molecular weight excluding hydrogens is 172 g/mol. The van der Waals surface area contributed by atoms with Crippen LogP contribution in [0.15, 0.2) is 18.3 Å². The van der Waals surface area contributed by atoms with Crippen molar-refractivity contribution in [3.63, 3.8) is 0 Å². The van der Waals surface area contributed by atoms with Gasteiger partial charge in [0.1, 0.15) is 0 Å². The molecule has 3 heteroatoms. The first-order valence-corrected chi connectivity index (χ1v) is 4.31. The molecule has 0 amide bonds. The number of nitrogens with one attached hydrogen (secondary N) is 1. The van der Waals surface area contributed by atoms with Gasteiger partial charge in [-0.1, -0.05) is 24.6 Å². The minimum Gasteiger partial charge on any atom is -0.276 e. The molecule has 0 aliphatic rings. The van der Waals surface area contributed by atoms with E-state index in [4.69, 9.17) is 11.6 Å². The van der Waals surface area contributed by atoms with Crippen molar-refractivity contribution in [2.75, 3.05) is 0 Å². The fraction of sp³-hybridized carbons (Fsp3) is 0.222. The lowest BCUT2D eigenvalue weighted by Crippen LogP contribution is -1.81. The zero-order valence-electron chi connectivity index (χ0n) is 6.76. The van der Waals surface area contributed by atoms with Gasteiger partial charge in [-0.15, -0.1) is 0 Å². The topological polar surface area (TPSA) is 28.7 Å². The zero-order valence-corrected chi connectivity index (χ0v) is 7.52. The lowest BCUT2D eigenvalue weighted by Gasteiger charge is -1.98. The van der Waals surface area contributed by atoms with E-state index in [2.05, 4.69) is 17.1 Å². The van der Waals surface area contributed by atoms with E-state index >= 15 is 0 Å². The number of halogens is 1. The van der Waals surface area contributed by atoms with Crippen molar-refractivity contribution < 1.29 is 0 Å². The van der Waals surface area contributed by atoms with Gasteiger partial charge in [-0.05, 0) is 18.1 Å². The summed E-state index contributed by atoms with van der Waals surface area (Å²) < 4.78 is 0. The van der Waals surface area contributed by atoms with E-state index in [0.29, 0.717) is 0 Å². The van der Waals surface area contributed by atoms with Crippen LogP contribution in [0.3, 0.4) is 0 Å². The van der Waals surface area contributed by atoms with Crippen molar-refractivity contribution in [2.45, 2.75) is 13.3 Å². The molecule has 0 spiro atoms. The number of rotatable bonds is 1. The van der Waals surface area contributed by atoms with Crippen molar-refractivity contribution in [3.05, 3.63) is 28.9 Å². The average Bonchev–Trinajstić information content (AvgIpc) is 2.54. The first-order chi connectivity index (χ1) is 5.83. The van der Waals surface area contributed by atoms with Gasteiger partial charge in [0.15, 0.2) is 0 Å². The molecule has 0 unspecified atom stereocenters. The molecule has 0 radical (unpaired) electrons. The van der Waals surface area contributed by atoms with Crippen LogP contribution in [-0.4, -0.2) is 10.2 Å². The Morgan fingerprint density at radius 2 is 2.33 bits per heavy atom. The van der Waals surface area contributed by atoms with Crippen LogP contribution in [0.1, 0.15) is 12.5 Å². The number of hydrogen-bond acceptors (Lipinski definition) is 1. The average molecular weight is 181 g/mol. The van der Waals surface area contributed by atoms with Crippen molar-refractivity contribution >= 4 is 22.5 Å². The summed E-state index contributed by atoms with van der Waals surface area (Å²) in [6, 6.07) is 3.95. The van der Waals surface area contributed by atoms with E-state index < -0.39 is 0 Å². The number of aryl methyl sites for hydroxylation is 1. The fourth-order valence-electron chi connectivity index (χ4n) is 1.37. The summed E-state index contributed by atoms with van der Waals surface area (Å²) in [7, 11) is 0. The number of H-pyrrole nitrogens is 1. The van der Waals surface area contributed by atoms with E-state index in [1.54, 1.807) is 0 Å². The second-order valence-corrected chi connectivity index (χ2v) is 3.13. The molecule has 1 aromatic carbocycles. The van der Waals surface area contributed by atoms with E-state index in [1.165, 1.54) is 5.56 Å². The molecule has 0 atom stereocenters. The van der Waals surface area contributed by atoms with Gasteiger partial charge in [-0.25, -0.2) is 0 Å². The molecule has 0 aliphatic heterocycles. The highest BCUT2D eigenvalue weighted by Gasteiger charge is 2.03. The van der Waals surface area contributed by atoms with Crippen LogP contribution >= 0.6 is 11.6 Å². The van der Waals surface area contributed by atoms with Crippen molar-refractivity contribution in [3.8, 4) is 0 Å². The van der Waals surface area contributed by atoms with Gasteiger partial charge in [-0.3, -0.25) is 5.10 Å². The summed E-state index contributed by atoms with van der Waals surface area (Å²) >= 11 is 5.96. The summed E-state index contributed by atoms with van der Waals surface area (Å²) in [5, 5.41) is 8.71.